The monoisotopic (exact) mass is 284 g/mol. The van der Waals surface area contributed by atoms with Gasteiger partial charge in [0.2, 0.25) is 5.78 Å². The number of Topliss-reactive ketones (excluding diaryl/α,β-unsaturated/α-hetero) is 1. The van der Waals surface area contributed by atoms with Crippen molar-refractivity contribution in [3.8, 4) is 23.0 Å². The molecule has 21 heavy (non-hydrogen) atoms. The normalized spacial score (nSPS) is 14.9. The van der Waals surface area contributed by atoms with Crippen LogP contribution in [0.4, 0.5) is 0 Å². The second-order valence-electron chi connectivity index (χ2n) is 4.52. The van der Waals surface area contributed by atoms with Gasteiger partial charge in [-0.2, -0.15) is 0 Å². The Morgan fingerprint density at radius 2 is 2.00 bits per heavy atom. The molecule has 1 aliphatic rings. The third-order valence-corrected chi connectivity index (χ3v) is 3.18. The number of ketones is 1. The second-order valence-corrected chi connectivity index (χ2v) is 4.52. The van der Waals surface area contributed by atoms with Crippen molar-refractivity contribution in [3.63, 3.8) is 0 Å². The maximum atomic E-state index is 12.3. The van der Waals surface area contributed by atoms with E-state index in [4.69, 9.17) is 9.47 Å². The first-order valence-electron chi connectivity index (χ1n) is 6.23. The number of benzene rings is 2. The van der Waals surface area contributed by atoms with E-state index in [9.17, 15) is 15.0 Å². The summed E-state index contributed by atoms with van der Waals surface area (Å²) in [5, 5.41) is 19.0. The summed E-state index contributed by atoms with van der Waals surface area (Å²) in [4.78, 5) is 12.3. The Labute approximate surface area is 120 Å². The van der Waals surface area contributed by atoms with Gasteiger partial charge in [0.1, 0.15) is 11.5 Å². The van der Waals surface area contributed by atoms with Gasteiger partial charge in [-0.3, -0.25) is 4.79 Å². The van der Waals surface area contributed by atoms with Crippen LogP contribution >= 0.6 is 0 Å². The number of carbonyl (C=O) groups excluding carboxylic acids is 1. The van der Waals surface area contributed by atoms with Crippen LogP contribution in [0, 0.1) is 0 Å². The summed E-state index contributed by atoms with van der Waals surface area (Å²) in [6, 6.07) is 9.16. The van der Waals surface area contributed by atoms with Crippen LogP contribution in [-0.2, 0) is 0 Å². The van der Waals surface area contributed by atoms with Gasteiger partial charge in [0.05, 0.1) is 12.7 Å². The maximum absolute atomic E-state index is 12.3. The lowest BCUT2D eigenvalue weighted by Gasteiger charge is -2.05. The standard InChI is InChI=1S/C16H12O5/c1-20-13-4-2-3-11-15(19)14(21-16(11)13)7-9-5-6-10(17)8-12(9)18/h2-8,17-18H,1H3/b14-7-. The fourth-order valence-corrected chi connectivity index (χ4v) is 2.14. The molecule has 1 aliphatic heterocycles. The summed E-state index contributed by atoms with van der Waals surface area (Å²) in [6.45, 7) is 0. The van der Waals surface area contributed by atoms with Crippen molar-refractivity contribution < 1.29 is 24.5 Å². The molecule has 0 spiro atoms. The van der Waals surface area contributed by atoms with Gasteiger partial charge in [-0.1, -0.05) is 6.07 Å². The Bertz CT molecular complexity index is 761. The Morgan fingerprint density at radius 1 is 1.19 bits per heavy atom. The number of phenolic OH excluding ortho intramolecular Hbond substituents is 2. The van der Waals surface area contributed by atoms with Crippen LogP contribution in [0.2, 0.25) is 0 Å². The fourth-order valence-electron chi connectivity index (χ4n) is 2.14. The zero-order chi connectivity index (χ0) is 15.0. The van der Waals surface area contributed by atoms with Gasteiger partial charge in [0.25, 0.3) is 0 Å². The van der Waals surface area contributed by atoms with E-state index in [0.717, 1.165) is 0 Å². The molecule has 0 aromatic heterocycles. The number of carbonyl (C=O) groups is 1. The average Bonchev–Trinajstić information content (AvgIpc) is 2.79. The SMILES string of the molecule is COc1cccc2c1O/C(=C\c1ccc(O)cc1O)C2=O. The molecule has 0 radical (unpaired) electrons. The number of fused-ring (bicyclic) bond motifs is 1. The first-order valence-corrected chi connectivity index (χ1v) is 6.23. The Balaban J connectivity index is 2.03. The van der Waals surface area contributed by atoms with Crippen LogP contribution in [0.3, 0.4) is 0 Å². The quantitative estimate of drug-likeness (QED) is 0.829. The van der Waals surface area contributed by atoms with Crippen LogP contribution in [-0.4, -0.2) is 23.1 Å². The minimum Gasteiger partial charge on any atom is -0.508 e. The Kier molecular flexibility index (Phi) is 3.02. The second kappa shape index (κ2) is 4.86. The van der Waals surface area contributed by atoms with E-state index in [-0.39, 0.29) is 23.0 Å². The fraction of sp³-hybridized carbons (Fsp3) is 0.0625. The molecule has 0 amide bonds. The van der Waals surface area contributed by atoms with Gasteiger partial charge in [-0.05, 0) is 30.3 Å². The van der Waals surface area contributed by atoms with Crippen molar-refractivity contribution in [2.75, 3.05) is 7.11 Å². The number of rotatable bonds is 2. The van der Waals surface area contributed by atoms with Crippen molar-refractivity contribution >= 4 is 11.9 Å². The van der Waals surface area contributed by atoms with Crippen LogP contribution in [0.15, 0.2) is 42.2 Å². The van der Waals surface area contributed by atoms with E-state index < -0.39 is 0 Å². The summed E-state index contributed by atoms with van der Waals surface area (Å²) in [5.41, 5.74) is 0.793. The molecule has 0 atom stereocenters. The predicted molar refractivity (Wildman–Crippen MR) is 75.7 cm³/mol. The minimum atomic E-state index is -0.281. The third-order valence-electron chi connectivity index (χ3n) is 3.18. The number of para-hydroxylation sites is 1. The molecule has 2 aromatic carbocycles. The third kappa shape index (κ3) is 2.18. The van der Waals surface area contributed by atoms with Crippen LogP contribution in [0.25, 0.3) is 6.08 Å². The summed E-state index contributed by atoms with van der Waals surface area (Å²) in [6.07, 6.45) is 1.43. The molecular weight excluding hydrogens is 272 g/mol. The summed E-state index contributed by atoms with van der Waals surface area (Å²) < 4.78 is 10.7. The Hall–Kier alpha value is -2.95. The lowest BCUT2D eigenvalue weighted by Crippen LogP contribution is -1.98. The smallest absolute Gasteiger partial charge is 0.232 e. The predicted octanol–water partition coefficient (Wildman–Crippen LogP) is 2.72. The van der Waals surface area contributed by atoms with Crippen LogP contribution in [0.1, 0.15) is 15.9 Å². The molecule has 3 rings (SSSR count). The van der Waals surface area contributed by atoms with Gasteiger partial charge in [-0.25, -0.2) is 0 Å². The van der Waals surface area contributed by atoms with Gasteiger partial charge in [0, 0.05) is 11.6 Å². The molecule has 1 heterocycles. The van der Waals surface area contributed by atoms with Gasteiger partial charge < -0.3 is 19.7 Å². The number of hydrogen-bond acceptors (Lipinski definition) is 5. The molecule has 0 fully saturated rings. The van der Waals surface area contributed by atoms with Crippen LogP contribution in [0.5, 0.6) is 23.0 Å². The number of allylic oxidation sites excluding steroid dienone is 1. The van der Waals surface area contributed by atoms with Gasteiger partial charge >= 0.3 is 0 Å². The van der Waals surface area contributed by atoms with Crippen molar-refractivity contribution in [2.45, 2.75) is 0 Å². The number of aromatic hydroxyl groups is 2. The molecule has 0 unspecified atom stereocenters. The van der Waals surface area contributed by atoms with E-state index >= 15 is 0 Å². The number of hydrogen-bond donors (Lipinski definition) is 2. The van der Waals surface area contributed by atoms with Gasteiger partial charge in [-0.15, -0.1) is 0 Å². The van der Waals surface area contributed by atoms with Crippen molar-refractivity contribution in [2.24, 2.45) is 0 Å². The first kappa shape index (κ1) is 13.1. The highest BCUT2D eigenvalue weighted by Gasteiger charge is 2.30. The lowest BCUT2D eigenvalue weighted by atomic mass is 10.1. The van der Waals surface area contributed by atoms with E-state index in [1.165, 1.54) is 31.4 Å². The zero-order valence-electron chi connectivity index (χ0n) is 11.2. The molecule has 0 aliphatic carbocycles. The van der Waals surface area contributed by atoms with E-state index in [0.29, 0.717) is 22.6 Å². The highest BCUT2D eigenvalue weighted by atomic mass is 16.5. The molecular formula is C16H12O5. The van der Waals surface area contributed by atoms with E-state index in [1.807, 2.05) is 0 Å². The number of phenols is 2. The molecule has 2 aromatic rings. The number of ether oxygens (including phenoxy) is 2. The van der Waals surface area contributed by atoms with Crippen molar-refractivity contribution in [1.82, 2.24) is 0 Å². The van der Waals surface area contributed by atoms with Crippen molar-refractivity contribution in [1.29, 1.82) is 0 Å². The lowest BCUT2D eigenvalue weighted by molar-refractivity contribution is 0.101. The van der Waals surface area contributed by atoms with E-state index in [2.05, 4.69) is 0 Å². The molecule has 5 nitrogen and oxygen atoms in total. The molecule has 0 bridgehead atoms. The number of methoxy groups -OCH3 is 1. The highest BCUT2D eigenvalue weighted by molar-refractivity contribution is 6.15. The summed E-state index contributed by atoms with van der Waals surface area (Å²) in [7, 11) is 1.50. The van der Waals surface area contributed by atoms with Gasteiger partial charge in [0.15, 0.2) is 17.3 Å². The summed E-state index contributed by atoms with van der Waals surface area (Å²) in [5.74, 6) is 0.459. The van der Waals surface area contributed by atoms with E-state index in [1.54, 1.807) is 18.2 Å². The molecule has 0 saturated carbocycles. The zero-order valence-corrected chi connectivity index (χ0v) is 11.2. The average molecular weight is 284 g/mol. The summed E-state index contributed by atoms with van der Waals surface area (Å²) >= 11 is 0. The molecule has 2 N–H and O–H groups in total. The molecule has 5 heteroatoms. The van der Waals surface area contributed by atoms with Crippen LogP contribution < -0.4 is 9.47 Å². The first-order chi connectivity index (χ1) is 10.1. The molecule has 106 valence electrons. The maximum Gasteiger partial charge on any atom is 0.232 e. The van der Waals surface area contributed by atoms with Crippen molar-refractivity contribution in [3.05, 3.63) is 53.3 Å². The topological polar surface area (TPSA) is 76.0 Å². The molecule has 0 saturated heterocycles. The Morgan fingerprint density at radius 3 is 2.71 bits per heavy atom. The minimum absolute atomic E-state index is 0.0572. The highest BCUT2D eigenvalue weighted by Crippen LogP contribution is 2.40. The largest absolute Gasteiger partial charge is 0.508 e.